The quantitative estimate of drug-likeness (QED) is 0.607. The second-order valence-corrected chi connectivity index (χ2v) is 4.79. The van der Waals surface area contributed by atoms with Crippen molar-refractivity contribution in [2.45, 2.75) is 32.9 Å². The third-order valence-electron chi connectivity index (χ3n) is 3.36. The molecule has 0 aliphatic rings. The van der Waals surface area contributed by atoms with E-state index in [2.05, 4.69) is 24.1 Å². The summed E-state index contributed by atoms with van der Waals surface area (Å²) in [6.45, 7) is 6.15. The van der Waals surface area contributed by atoms with Gasteiger partial charge in [-0.3, -0.25) is 0 Å². The minimum Gasteiger partial charge on any atom is -0.311 e. The number of benzene rings is 1. The number of hydrogen-bond acceptors (Lipinski definition) is 2. The Labute approximate surface area is 112 Å². The van der Waals surface area contributed by atoms with E-state index in [1.54, 1.807) is 0 Å². The van der Waals surface area contributed by atoms with Crippen LogP contribution in [0.25, 0.3) is 0 Å². The van der Waals surface area contributed by atoms with E-state index in [1.807, 2.05) is 7.05 Å². The van der Waals surface area contributed by atoms with Gasteiger partial charge in [-0.15, -0.1) is 0 Å². The first-order valence-electron chi connectivity index (χ1n) is 6.50. The van der Waals surface area contributed by atoms with Crippen LogP contribution in [0, 0.1) is 17.5 Å². The molecular weight excluding hydrogens is 253 g/mol. The smallest absolute Gasteiger partial charge is 0.194 e. The molecule has 0 aromatic heterocycles. The van der Waals surface area contributed by atoms with Crippen molar-refractivity contribution in [2.24, 2.45) is 0 Å². The van der Waals surface area contributed by atoms with E-state index in [0.717, 1.165) is 25.1 Å². The molecule has 0 bridgehead atoms. The summed E-state index contributed by atoms with van der Waals surface area (Å²) in [5, 5.41) is 3.09. The topological polar surface area (TPSA) is 15.3 Å². The highest BCUT2D eigenvalue weighted by Crippen LogP contribution is 2.13. The van der Waals surface area contributed by atoms with Gasteiger partial charge in [-0.05, 0) is 38.1 Å². The molecule has 19 heavy (non-hydrogen) atoms. The Morgan fingerprint density at radius 1 is 1.21 bits per heavy atom. The lowest BCUT2D eigenvalue weighted by molar-refractivity contribution is 0.251. The molecule has 108 valence electrons. The van der Waals surface area contributed by atoms with Crippen LogP contribution in [0.4, 0.5) is 13.2 Å². The molecule has 1 aromatic carbocycles. The Balaban J connectivity index is 2.38. The fraction of sp³-hybridized carbons (Fsp3) is 0.571. The zero-order valence-electron chi connectivity index (χ0n) is 11.6. The van der Waals surface area contributed by atoms with Gasteiger partial charge >= 0.3 is 0 Å². The summed E-state index contributed by atoms with van der Waals surface area (Å²) >= 11 is 0. The van der Waals surface area contributed by atoms with Crippen molar-refractivity contribution in [1.29, 1.82) is 0 Å². The normalized spacial score (nSPS) is 13.0. The Morgan fingerprint density at radius 2 is 1.79 bits per heavy atom. The third kappa shape index (κ3) is 4.84. The Kier molecular flexibility index (Phi) is 6.31. The van der Waals surface area contributed by atoms with Crippen LogP contribution in [0.15, 0.2) is 12.1 Å². The monoisotopic (exact) mass is 274 g/mol. The molecule has 0 fully saturated rings. The van der Waals surface area contributed by atoms with Gasteiger partial charge in [0.15, 0.2) is 17.5 Å². The van der Waals surface area contributed by atoms with Crippen molar-refractivity contribution in [1.82, 2.24) is 10.2 Å². The number of likely N-dealkylation sites (N-methyl/N-ethyl adjacent to an activating group) is 1. The summed E-state index contributed by atoms with van der Waals surface area (Å²) in [5.41, 5.74) is 0.405. The highest BCUT2D eigenvalue weighted by molar-refractivity contribution is 5.19. The van der Waals surface area contributed by atoms with Gasteiger partial charge in [-0.2, -0.15) is 0 Å². The number of hydrogen-bond donors (Lipinski definition) is 1. The van der Waals surface area contributed by atoms with Crippen molar-refractivity contribution in [3.63, 3.8) is 0 Å². The number of rotatable bonds is 7. The first kappa shape index (κ1) is 16.0. The largest absolute Gasteiger partial charge is 0.311 e. The second-order valence-electron chi connectivity index (χ2n) is 4.79. The van der Waals surface area contributed by atoms with Crippen LogP contribution in [-0.4, -0.2) is 31.1 Å². The Bertz CT molecular complexity index is 387. The Morgan fingerprint density at radius 3 is 2.32 bits per heavy atom. The Hall–Kier alpha value is -1.07. The summed E-state index contributed by atoms with van der Waals surface area (Å²) < 4.78 is 38.7. The third-order valence-corrected chi connectivity index (χ3v) is 3.36. The van der Waals surface area contributed by atoms with Crippen LogP contribution < -0.4 is 5.32 Å². The SMILES string of the molecule is CCC(C)N(C)CCNCc1cc(F)c(F)c(F)c1. The van der Waals surface area contributed by atoms with E-state index < -0.39 is 17.5 Å². The first-order valence-corrected chi connectivity index (χ1v) is 6.50. The van der Waals surface area contributed by atoms with Gasteiger partial charge in [0.2, 0.25) is 0 Å². The first-order chi connectivity index (χ1) is 8.95. The summed E-state index contributed by atoms with van der Waals surface area (Å²) in [5.74, 6) is -3.71. The molecule has 0 saturated heterocycles. The molecule has 2 nitrogen and oxygen atoms in total. The molecule has 0 spiro atoms. The van der Waals surface area contributed by atoms with Gasteiger partial charge in [0, 0.05) is 25.7 Å². The van der Waals surface area contributed by atoms with Gasteiger partial charge < -0.3 is 10.2 Å². The molecule has 1 aromatic rings. The van der Waals surface area contributed by atoms with Gasteiger partial charge in [0.1, 0.15) is 0 Å². The molecule has 0 radical (unpaired) electrons. The zero-order chi connectivity index (χ0) is 14.4. The van der Waals surface area contributed by atoms with Gasteiger partial charge in [0.05, 0.1) is 0 Å². The van der Waals surface area contributed by atoms with E-state index in [1.165, 1.54) is 0 Å². The van der Waals surface area contributed by atoms with Gasteiger partial charge in [-0.1, -0.05) is 6.92 Å². The van der Waals surface area contributed by atoms with Crippen LogP contribution in [-0.2, 0) is 6.54 Å². The van der Waals surface area contributed by atoms with Crippen LogP contribution in [0.1, 0.15) is 25.8 Å². The van der Waals surface area contributed by atoms with E-state index >= 15 is 0 Å². The van der Waals surface area contributed by atoms with Crippen LogP contribution in [0.5, 0.6) is 0 Å². The van der Waals surface area contributed by atoms with E-state index in [4.69, 9.17) is 0 Å². The maximum atomic E-state index is 13.0. The molecule has 0 aliphatic carbocycles. The molecule has 1 N–H and O–H groups in total. The fourth-order valence-electron chi connectivity index (χ4n) is 1.73. The van der Waals surface area contributed by atoms with E-state index in [9.17, 15) is 13.2 Å². The number of nitrogens with zero attached hydrogens (tertiary/aromatic N) is 1. The van der Waals surface area contributed by atoms with Crippen LogP contribution in [0.3, 0.4) is 0 Å². The van der Waals surface area contributed by atoms with Crippen molar-refractivity contribution >= 4 is 0 Å². The van der Waals surface area contributed by atoms with Crippen molar-refractivity contribution < 1.29 is 13.2 Å². The average Bonchev–Trinajstić information content (AvgIpc) is 2.39. The second kappa shape index (κ2) is 7.50. The lowest BCUT2D eigenvalue weighted by Gasteiger charge is -2.23. The van der Waals surface area contributed by atoms with Crippen LogP contribution >= 0.6 is 0 Å². The summed E-state index contributed by atoms with van der Waals surface area (Å²) in [6, 6.07) is 2.54. The molecule has 1 atom stereocenters. The predicted molar refractivity (Wildman–Crippen MR) is 70.4 cm³/mol. The van der Waals surface area contributed by atoms with E-state index in [0.29, 0.717) is 24.7 Å². The van der Waals surface area contributed by atoms with Gasteiger partial charge in [0.25, 0.3) is 0 Å². The van der Waals surface area contributed by atoms with Gasteiger partial charge in [-0.25, -0.2) is 13.2 Å². The zero-order valence-corrected chi connectivity index (χ0v) is 11.6. The molecule has 0 saturated carbocycles. The molecule has 1 unspecified atom stereocenters. The van der Waals surface area contributed by atoms with E-state index in [-0.39, 0.29) is 0 Å². The lowest BCUT2D eigenvalue weighted by Crippen LogP contribution is -2.34. The molecule has 0 aliphatic heterocycles. The minimum atomic E-state index is -1.42. The van der Waals surface area contributed by atoms with Crippen molar-refractivity contribution in [3.8, 4) is 0 Å². The standard InChI is InChI=1S/C14H21F3N2/c1-4-10(2)19(3)6-5-18-9-11-7-12(15)14(17)13(16)8-11/h7-8,10,18H,4-6,9H2,1-3H3. The summed E-state index contributed by atoms with van der Waals surface area (Å²) in [4.78, 5) is 2.21. The number of halogens is 3. The molecule has 0 heterocycles. The predicted octanol–water partition coefficient (Wildman–Crippen LogP) is 2.92. The van der Waals surface area contributed by atoms with Crippen LogP contribution in [0.2, 0.25) is 0 Å². The summed E-state index contributed by atoms with van der Waals surface area (Å²) in [7, 11) is 2.03. The fourth-order valence-corrected chi connectivity index (χ4v) is 1.73. The summed E-state index contributed by atoms with van der Waals surface area (Å²) in [6.07, 6.45) is 1.07. The molecule has 1 rings (SSSR count). The molecular formula is C14H21F3N2. The maximum Gasteiger partial charge on any atom is 0.194 e. The highest BCUT2D eigenvalue weighted by atomic mass is 19.2. The molecule has 0 amide bonds. The lowest BCUT2D eigenvalue weighted by atomic mass is 10.2. The maximum absolute atomic E-state index is 13.0. The highest BCUT2D eigenvalue weighted by Gasteiger charge is 2.10. The number of nitrogens with one attached hydrogen (secondary N) is 1. The van der Waals surface area contributed by atoms with Crippen molar-refractivity contribution in [3.05, 3.63) is 35.1 Å². The average molecular weight is 274 g/mol. The minimum absolute atomic E-state index is 0.322. The molecule has 5 heteroatoms. The van der Waals surface area contributed by atoms with Crippen molar-refractivity contribution in [2.75, 3.05) is 20.1 Å².